The van der Waals surface area contributed by atoms with Crippen molar-refractivity contribution in [1.82, 2.24) is 29.0 Å². The third-order valence-corrected chi connectivity index (χ3v) is 6.28. The van der Waals surface area contributed by atoms with Gasteiger partial charge in [0.15, 0.2) is 16.4 Å². The van der Waals surface area contributed by atoms with Crippen molar-refractivity contribution in [2.24, 2.45) is 0 Å². The Morgan fingerprint density at radius 2 is 1.83 bits per heavy atom. The summed E-state index contributed by atoms with van der Waals surface area (Å²) in [6.07, 6.45) is 5.19. The fraction of sp³-hybridized carbons (Fsp3) is 0.650. The fourth-order valence-corrected chi connectivity index (χ4v) is 4.43. The zero-order valence-corrected chi connectivity index (χ0v) is 17.9. The average molecular weight is 419 g/mol. The van der Waals surface area contributed by atoms with E-state index in [-0.39, 0.29) is 5.91 Å². The van der Waals surface area contributed by atoms with Crippen molar-refractivity contribution >= 4 is 18.1 Å². The lowest BCUT2D eigenvalue weighted by molar-refractivity contribution is -0.133. The van der Waals surface area contributed by atoms with E-state index in [9.17, 15) is 4.79 Å². The fourth-order valence-electron chi connectivity index (χ4n) is 4.12. The average Bonchev–Trinajstić information content (AvgIpc) is 3.38. The molecule has 0 bridgehead atoms. The van der Waals surface area contributed by atoms with Gasteiger partial charge in [-0.25, -0.2) is 4.68 Å². The number of carbonyl (C=O) groups excluding carboxylic acids is 1. The second-order valence-corrected chi connectivity index (χ2v) is 8.17. The van der Waals surface area contributed by atoms with Crippen LogP contribution >= 0.6 is 12.2 Å². The van der Waals surface area contributed by atoms with Crippen LogP contribution in [0.1, 0.15) is 26.2 Å². The molecule has 0 spiro atoms. The molecule has 2 aliphatic heterocycles. The summed E-state index contributed by atoms with van der Waals surface area (Å²) >= 11 is 5.64. The highest BCUT2D eigenvalue weighted by molar-refractivity contribution is 7.71. The molecule has 2 saturated heterocycles. The van der Waals surface area contributed by atoms with E-state index < -0.39 is 0 Å². The number of amides is 1. The number of carbonyl (C=O) groups is 1. The molecular weight excluding hydrogens is 388 g/mol. The standard InChI is InChI=1S/C20H30N6O2S/c1-2-25-19(17-7-6-14-28-17)21-26(20(25)29)16-23-12-10-22(11-13-23)15-18(27)24-8-4-3-5-9-24/h6-7,14H,2-5,8-13,15-16H2,1H3. The highest BCUT2D eigenvalue weighted by atomic mass is 32.1. The van der Waals surface area contributed by atoms with Crippen LogP contribution in [0.25, 0.3) is 11.6 Å². The molecule has 8 nitrogen and oxygen atoms in total. The number of hydrogen-bond donors (Lipinski definition) is 0. The second kappa shape index (κ2) is 9.23. The highest BCUT2D eigenvalue weighted by Crippen LogP contribution is 2.19. The van der Waals surface area contributed by atoms with E-state index in [2.05, 4.69) is 16.7 Å². The van der Waals surface area contributed by atoms with Gasteiger partial charge in [-0.1, -0.05) is 0 Å². The largest absolute Gasteiger partial charge is 0.461 e. The molecule has 4 heterocycles. The summed E-state index contributed by atoms with van der Waals surface area (Å²) < 4.78 is 10.1. The molecule has 2 fully saturated rings. The number of likely N-dealkylation sites (tertiary alicyclic amines) is 1. The second-order valence-electron chi connectivity index (χ2n) is 7.80. The minimum Gasteiger partial charge on any atom is -0.461 e. The molecule has 1 amide bonds. The first kappa shape index (κ1) is 20.3. The molecule has 0 atom stereocenters. The van der Waals surface area contributed by atoms with E-state index in [0.29, 0.717) is 18.0 Å². The monoisotopic (exact) mass is 418 g/mol. The van der Waals surface area contributed by atoms with E-state index in [1.807, 2.05) is 26.3 Å². The van der Waals surface area contributed by atoms with Crippen molar-refractivity contribution < 1.29 is 9.21 Å². The lowest BCUT2D eigenvalue weighted by Gasteiger charge is -2.35. The first-order valence-corrected chi connectivity index (χ1v) is 11.0. The molecule has 0 unspecified atom stereocenters. The van der Waals surface area contributed by atoms with E-state index in [1.54, 1.807) is 6.26 Å². The van der Waals surface area contributed by atoms with Gasteiger partial charge in [-0.05, 0) is 50.5 Å². The van der Waals surface area contributed by atoms with Crippen LogP contribution in [0.2, 0.25) is 0 Å². The molecule has 29 heavy (non-hydrogen) atoms. The quantitative estimate of drug-likeness (QED) is 0.671. The third kappa shape index (κ3) is 4.62. The summed E-state index contributed by atoms with van der Waals surface area (Å²) in [6, 6.07) is 3.77. The SMILES string of the molecule is CCn1c(-c2ccco2)nn(CN2CCN(CC(=O)N3CCCCC3)CC2)c1=S. The maximum atomic E-state index is 12.5. The third-order valence-electron chi connectivity index (χ3n) is 5.85. The molecule has 9 heteroatoms. The summed E-state index contributed by atoms with van der Waals surface area (Å²) in [5, 5.41) is 4.71. The van der Waals surface area contributed by atoms with E-state index in [4.69, 9.17) is 21.7 Å². The molecule has 2 aliphatic rings. The van der Waals surface area contributed by atoms with Gasteiger partial charge in [0.1, 0.15) is 0 Å². The Bertz CT molecular complexity index is 860. The highest BCUT2D eigenvalue weighted by Gasteiger charge is 2.23. The predicted octanol–water partition coefficient (Wildman–Crippen LogP) is 2.28. The lowest BCUT2D eigenvalue weighted by Crippen LogP contribution is -2.50. The molecule has 0 radical (unpaired) electrons. The maximum Gasteiger partial charge on any atom is 0.236 e. The number of piperazine rings is 1. The minimum atomic E-state index is 0.283. The summed E-state index contributed by atoms with van der Waals surface area (Å²) in [7, 11) is 0. The minimum absolute atomic E-state index is 0.283. The molecule has 4 rings (SSSR count). The molecule has 2 aromatic heterocycles. The Hall–Kier alpha value is -1.97. The molecule has 0 aromatic carbocycles. The van der Waals surface area contributed by atoms with Gasteiger partial charge in [-0.2, -0.15) is 0 Å². The Kier molecular flexibility index (Phi) is 6.46. The van der Waals surface area contributed by atoms with Gasteiger partial charge in [-0.3, -0.25) is 19.2 Å². The number of aromatic nitrogens is 3. The van der Waals surface area contributed by atoms with Gasteiger partial charge in [0.25, 0.3) is 0 Å². The summed E-state index contributed by atoms with van der Waals surface area (Å²) in [6.45, 7) is 9.47. The van der Waals surface area contributed by atoms with Crippen LogP contribution in [0.4, 0.5) is 0 Å². The number of rotatable bonds is 6. The van der Waals surface area contributed by atoms with Gasteiger partial charge < -0.3 is 9.32 Å². The molecule has 0 N–H and O–H groups in total. The number of nitrogens with zero attached hydrogens (tertiary/aromatic N) is 6. The van der Waals surface area contributed by atoms with Crippen LogP contribution in [0.3, 0.4) is 0 Å². The van der Waals surface area contributed by atoms with Crippen LogP contribution in [-0.4, -0.2) is 80.8 Å². The smallest absolute Gasteiger partial charge is 0.236 e. The Balaban J connectivity index is 1.33. The first-order chi connectivity index (χ1) is 14.2. The van der Waals surface area contributed by atoms with Crippen molar-refractivity contribution in [2.75, 3.05) is 45.8 Å². The topological polar surface area (TPSA) is 62.7 Å². The number of hydrogen-bond acceptors (Lipinski definition) is 6. The Morgan fingerprint density at radius 3 is 2.48 bits per heavy atom. The maximum absolute atomic E-state index is 12.5. The van der Waals surface area contributed by atoms with Crippen molar-refractivity contribution in [3.8, 4) is 11.6 Å². The Labute approximate surface area is 176 Å². The molecule has 0 aliphatic carbocycles. The van der Waals surface area contributed by atoms with Gasteiger partial charge in [0.05, 0.1) is 19.5 Å². The first-order valence-electron chi connectivity index (χ1n) is 10.6. The molecular formula is C20H30N6O2S. The van der Waals surface area contributed by atoms with E-state index >= 15 is 0 Å². The number of furan rings is 1. The summed E-state index contributed by atoms with van der Waals surface area (Å²) in [5.74, 6) is 1.79. The van der Waals surface area contributed by atoms with Gasteiger partial charge in [0, 0.05) is 45.8 Å². The van der Waals surface area contributed by atoms with Crippen LogP contribution < -0.4 is 0 Å². The van der Waals surface area contributed by atoms with Crippen molar-refractivity contribution in [2.45, 2.75) is 39.4 Å². The number of piperidine rings is 1. The van der Waals surface area contributed by atoms with Gasteiger partial charge in [-0.15, -0.1) is 5.10 Å². The van der Waals surface area contributed by atoms with Crippen LogP contribution in [0, 0.1) is 4.77 Å². The zero-order valence-electron chi connectivity index (χ0n) is 17.1. The molecule has 2 aromatic rings. The zero-order chi connectivity index (χ0) is 20.2. The molecule has 0 saturated carbocycles. The van der Waals surface area contributed by atoms with Crippen LogP contribution in [-0.2, 0) is 18.0 Å². The van der Waals surface area contributed by atoms with Gasteiger partial charge in [0.2, 0.25) is 5.91 Å². The van der Waals surface area contributed by atoms with Crippen molar-refractivity contribution in [3.63, 3.8) is 0 Å². The van der Waals surface area contributed by atoms with Crippen molar-refractivity contribution in [3.05, 3.63) is 23.2 Å². The van der Waals surface area contributed by atoms with Crippen molar-refractivity contribution in [1.29, 1.82) is 0 Å². The van der Waals surface area contributed by atoms with Crippen LogP contribution in [0.5, 0.6) is 0 Å². The predicted molar refractivity (Wildman–Crippen MR) is 113 cm³/mol. The summed E-state index contributed by atoms with van der Waals surface area (Å²) in [5.41, 5.74) is 0. The Morgan fingerprint density at radius 1 is 1.10 bits per heavy atom. The summed E-state index contributed by atoms with van der Waals surface area (Å²) in [4.78, 5) is 19.1. The lowest BCUT2D eigenvalue weighted by atomic mass is 10.1. The molecule has 158 valence electrons. The van der Waals surface area contributed by atoms with Gasteiger partial charge >= 0.3 is 0 Å². The van der Waals surface area contributed by atoms with E-state index in [0.717, 1.165) is 70.2 Å². The van der Waals surface area contributed by atoms with E-state index in [1.165, 1.54) is 6.42 Å². The normalized spacial score (nSPS) is 19.0. The van der Waals surface area contributed by atoms with Crippen LogP contribution in [0.15, 0.2) is 22.8 Å².